The molecule has 1 aliphatic rings. The highest BCUT2D eigenvalue weighted by Gasteiger charge is 2.34. The molecule has 0 aliphatic carbocycles. The summed E-state index contributed by atoms with van der Waals surface area (Å²) in [6, 6.07) is 3.24. The van der Waals surface area contributed by atoms with Crippen LogP contribution in [-0.4, -0.2) is 37.8 Å². The van der Waals surface area contributed by atoms with E-state index in [1.165, 1.54) is 4.90 Å². The predicted octanol–water partition coefficient (Wildman–Crippen LogP) is 2.71. The van der Waals surface area contributed by atoms with Crippen molar-refractivity contribution in [3.8, 4) is 11.5 Å². The first-order valence-corrected chi connectivity index (χ1v) is 6.89. The number of nitrogens with zero attached hydrogens (tertiary/aromatic N) is 4. The van der Waals surface area contributed by atoms with Crippen LogP contribution in [-0.2, 0) is 0 Å². The zero-order valence-electron chi connectivity index (χ0n) is 10.4. The van der Waals surface area contributed by atoms with Gasteiger partial charge < -0.3 is 9.63 Å². The third kappa shape index (κ3) is 2.38. The quantitative estimate of drug-likeness (QED) is 0.904. The van der Waals surface area contributed by atoms with E-state index in [0.29, 0.717) is 30.4 Å². The summed E-state index contributed by atoms with van der Waals surface area (Å²) < 4.78 is 6.05. The minimum atomic E-state index is -0.964. The first kappa shape index (κ1) is 13.0. The standard InChI is InChI=1S/C12H11BrN4O3/c13-7-3-4-8(14-6-7)10-15-11(20-16-10)9-2-1-5-17(9)12(18)19/h3-4,6,9H,1-2,5H2,(H,18,19). The average Bonchev–Trinajstić information content (AvgIpc) is 3.08. The fraction of sp³-hybridized carbons (Fsp3) is 0.333. The Morgan fingerprint density at radius 3 is 3.05 bits per heavy atom. The molecule has 2 aromatic rings. The highest BCUT2D eigenvalue weighted by atomic mass is 79.9. The molecule has 3 heterocycles. The van der Waals surface area contributed by atoms with Crippen molar-refractivity contribution >= 4 is 22.0 Å². The predicted molar refractivity (Wildman–Crippen MR) is 71.9 cm³/mol. The molecular formula is C12H11BrN4O3. The van der Waals surface area contributed by atoms with Crippen molar-refractivity contribution in [2.24, 2.45) is 0 Å². The third-order valence-corrected chi connectivity index (χ3v) is 3.65. The van der Waals surface area contributed by atoms with Crippen LogP contribution in [0.15, 0.2) is 27.3 Å². The largest absolute Gasteiger partial charge is 0.465 e. The summed E-state index contributed by atoms with van der Waals surface area (Å²) in [5, 5.41) is 13.0. The summed E-state index contributed by atoms with van der Waals surface area (Å²) in [5.41, 5.74) is 0.586. The Morgan fingerprint density at radius 2 is 2.35 bits per heavy atom. The topological polar surface area (TPSA) is 92.3 Å². The third-order valence-electron chi connectivity index (χ3n) is 3.18. The number of likely N-dealkylation sites (tertiary alicyclic amines) is 1. The molecule has 1 saturated heterocycles. The maximum Gasteiger partial charge on any atom is 0.407 e. The lowest BCUT2D eigenvalue weighted by atomic mass is 10.2. The number of hydrogen-bond donors (Lipinski definition) is 1. The van der Waals surface area contributed by atoms with Gasteiger partial charge in [-0.2, -0.15) is 4.98 Å². The maximum absolute atomic E-state index is 11.1. The van der Waals surface area contributed by atoms with Crippen molar-refractivity contribution < 1.29 is 14.4 Å². The molecule has 3 rings (SSSR count). The monoisotopic (exact) mass is 338 g/mol. The SMILES string of the molecule is O=C(O)N1CCCC1c1nc(-c2ccc(Br)cn2)no1. The summed E-state index contributed by atoms with van der Waals surface area (Å²) in [5.74, 6) is 0.689. The Balaban J connectivity index is 1.86. The molecule has 1 N–H and O–H groups in total. The van der Waals surface area contributed by atoms with Crippen molar-refractivity contribution in [1.29, 1.82) is 0 Å². The minimum absolute atomic E-state index is 0.324. The Bertz CT molecular complexity index is 628. The summed E-state index contributed by atoms with van der Waals surface area (Å²) in [6.45, 7) is 0.494. The van der Waals surface area contributed by atoms with Crippen LogP contribution in [0.3, 0.4) is 0 Å². The molecule has 0 saturated carbocycles. The average molecular weight is 339 g/mol. The second-order valence-electron chi connectivity index (χ2n) is 4.45. The van der Waals surface area contributed by atoms with E-state index in [9.17, 15) is 4.79 Å². The van der Waals surface area contributed by atoms with Gasteiger partial charge in [-0.1, -0.05) is 5.16 Å². The van der Waals surface area contributed by atoms with E-state index in [0.717, 1.165) is 10.9 Å². The molecule has 1 aliphatic heterocycles. The number of hydrogen-bond acceptors (Lipinski definition) is 5. The molecule has 1 fully saturated rings. The van der Waals surface area contributed by atoms with Gasteiger partial charge in [-0.15, -0.1) is 0 Å². The number of carbonyl (C=O) groups is 1. The first-order chi connectivity index (χ1) is 9.65. The Hall–Kier alpha value is -1.96. The minimum Gasteiger partial charge on any atom is -0.465 e. The van der Waals surface area contributed by atoms with Gasteiger partial charge in [-0.05, 0) is 40.9 Å². The number of aromatic nitrogens is 3. The lowest BCUT2D eigenvalue weighted by molar-refractivity contribution is 0.131. The van der Waals surface area contributed by atoms with E-state index < -0.39 is 6.09 Å². The number of halogens is 1. The number of carboxylic acid groups (broad SMARTS) is 1. The van der Waals surface area contributed by atoms with Gasteiger partial charge in [-0.3, -0.25) is 9.88 Å². The molecule has 1 atom stereocenters. The molecule has 0 spiro atoms. The zero-order valence-corrected chi connectivity index (χ0v) is 11.9. The van der Waals surface area contributed by atoms with Gasteiger partial charge in [-0.25, -0.2) is 4.79 Å². The van der Waals surface area contributed by atoms with Gasteiger partial charge in [0.2, 0.25) is 11.7 Å². The number of rotatable bonds is 2. The van der Waals surface area contributed by atoms with Crippen LogP contribution in [0, 0.1) is 0 Å². The second kappa shape index (κ2) is 5.20. The van der Waals surface area contributed by atoms with Crippen LogP contribution < -0.4 is 0 Å². The van der Waals surface area contributed by atoms with Gasteiger partial charge >= 0.3 is 6.09 Å². The molecule has 0 bridgehead atoms. The van der Waals surface area contributed by atoms with Crippen molar-refractivity contribution in [2.45, 2.75) is 18.9 Å². The molecule has 104 valence electrons. The lowest BCUT2D eigenvalue weighted by Gasteiger charge is -2.17. The van der Waals surface area contributed by atoms with Gasteiger partial charge in [0, 0.05) is 17.2 Å². The van der Waals surface area contributed by atoms with Crippen LogP contribution in [0.5, 0.6) is 0 Å². The molecule has 1 amide bonds. The first-order valence-electron chi connectivity index (χ1n) is 6.10. The Labute approximate surface area is 122 Å². The Morgan fingerprint density at radius 1 is 1.50 bits per heavy atom. The van der Waals surface area contributed by atoms with Gasteiger partial charge in [0.1, 0.15) is 11.7 Å². The summed E-state index contributed by atoms with van der Waals surface area (Å²) in [6.07, 6.45) is 2.17. The van der Waals surface area contributed by atoms with E-state index in [2.05, 4.69) is 31.1 Å². The van der Waals surface area contributed by atoms with Gasteiger partial charge in [0.25, 0.3) is 0 Å². The molecule has 20 heavy (non-hydrogen) atoms. The normalized spacial score (nSPS) is 18.4. The lowest BCUT2D eigenvalue weighted by Crippen LogP contribution is -2.28. The summed E-state index contributed by atoms with van der Waals surface area (Å²) in [4.78, 5) is 20.9. The van der Waals surface area contributed by atoms with E-state index >= 15 is 0 Å². The zero-order chi connectivity index (χ0) is 14.1. The highest BCUT2D eigenvalue weighted by Crippen LogP contribution is 2.31. The highest BCUT2D eigenvalue weighted by molar-refractivity contribution is 9.10. The smallest absolute Gasteiger partial charge is 0.407 e. The number of amides is 1. The summed E-state index contributed by atoms with van der Waals surface area (Å²) in [7, 11) is 0. The van der Waals surface area contributed by atoms with E-state index in [-0.39, 0.29) is 6.04 Å². The molecule has 2 aromatic heterocycles. The molecular weight excluding hydrogens is 328 g/mol. The van der Waals surface area contributed by atoms with Crippen LogP contribution >= 0.6 is 15.9 Å². The van der Waals surface area contributed by atoms with E-state index in [1.807, 2.05) is 6.07 Å². The molecule has 1 unspecified atom stereocenters. The molecule has 0 aromatic carbocycles. The van der Waals surface area contributed by atoms with Gasteiger partial charge in [0.05, 0.1) is 0 Å². The molecule has 8 heteroatoms. The van der Waals surface area contributed by atoms with Crippen molar-refractivity contribution in [1.82, 2.24) is 20.0 Å². The van der Waals surface area contributed by atoms with E-state index in [4.69, 9.17) is 9.63 Å². The van der Waals surface area contributed by atoms with Crippen LogP contribution in [0.4, 0.5) is 4.79 Å². The van der Waals surface area contributed by atoms with Crippen LogP contribution in [0.2, 0.25) is 0 Å². The molecule has 0 radical (unpaired) electrons. The van der Waals surface area contributed by atoms with Crippen molar-refractivity contribution in [3.05, 3.63) is 28.7 Å². The van der Waals surface area contributed by atoms with Crippen LogP contribution in [0.25, 0.3) is 11.5 Å². The molecule has 7 nitrogen and oxygen atoms in total. The van der Waals surface area contributed by atoms with E-state index in [1.54, 1.807) is 12.3 Å². The van der Waals surface area contributed by atoms with Crippen LogP contribution in [0.1, 0.15) is 24.8 Å². The van der Waals surface area contributed by atoms with Crippen molar-refractivity contribution in [2.75, 3.05) is 6.54 Å². The Kier molecular flexibility index (Phi) is 3.39. The fourth-order valence-electron chi connectivity index (χ4n) is 2.24. The second-order valence-corrected chi connectivity index (χ2v) is 5.37. The number of pyridine rings is 1. The summed E-state index contributed by atoms with van der Waals surface area (Å²) >= 11 is 3.30. The van der Waals surface area contributed by atoms with Crippen molar-refractivity contribution in [3.63, 3.8) is 0 Å². The maximum atomic E-state index is 11.1. The van der Waals surface area contributed by atoms with Gasteiger partial charge in [0.15, 0.2) is 0 Å². The fourth-order valence-corrected chi connectivity index (χ4v) is 2.47.